The number of sulfone groups is 1. The molecule has 0 atom stereocenters. The summed E-state index contributed by atoms with van der Waals surface area (Å²) in [6.07, 6.45) is 0.00680. The summed E-state index contributed by atoms with van der Waals surface area (Å²) in [5.74, 6) is -2.18. The van der Waals surface area contributed by atoms with Gasteiger partial charge in [0, 0.05) is 5.56 Å². The molecule has 0 aliphatic carbocycles. The van der Waals surface area contributed by atoms with E-state index in [1.807, 2.05) is 0 Å². The van der Waals surface area contributed by atoms with Crippen LogP contribution in [0.1, 0.15) is 17.0 Å². The Morgan fingerprint density at radius 2 is 1.75 bits per heavy atom. The molecule has 28 heavy (non-hydrogen) atoms. The van der Waals surface area contributed by atoms with Gasteiger partial charge < -0.3 is 9.73 Å². The molecule has 1 N–H and O–H groups in total. The Hall–Kier alpha value is -3.14. The van der Waals surface area contributed by atoms with Crippen LogP contribution in [-0.4, -0.2) is 24.5 Å². The molecule has 2 aromatic carbocycles. The summed E-state index contributed by atoms with van der Waals surface area (Å²) < 4.78 is 56.2. The Morgan fingerprint density at radius 1 is 1.04 bits per heavy atom. The summed E-state index contributed by atoms with van der Waals surface area (Å²) in [7, 11) is -4.03. The Bertz CT molecular complexity index is 1080. The minimum absolute atomic E-state index is 0.00680. The van der Waals surface area contributed by atoms with Crippen LogP contribution in [0.4, 0.5) is 8.78 Å². The molecule has 146 valence electrons. The Balaban J connectivity index is 1.59. The third kappa shape index (κ3) is 4.97. The normalized spacial score (nSPS) is 11.4. The summed E-state index contributed by atoms with van der Waals surface area (Å²) in [5.41, 5.74) is 0.590. The van der Waals surface area contributed by atoms with Gasteiger partial charge in [0.2, 0.25) is 21.6 Å². The van der Waals surface area contributed by atoms with Crippen LogP contribution in [0.2, 0.25) is 0 Å². The number of amides is 1. The second kappa shape index (κ2) is 8.26. The van der Waals surface area contributed by atoms with Crippen LogP contribution in [0, 0.1) is 11.6 Å². The highest BCUT2D eigenvalue weighted by molar-refractivity contribution is 7.90. The largest absolute Gasteiger partial charge is 0.411 e. The maximum atomic E-state index is 13.7. The average Bonchev–Trinajstić information content (AvgIpc) is 3.14. The number of aromatic nitrogens is 2. The van der Waals surface area contributed by atoms with Gasteiger partial charge in [0.05, 0.1) is 18.7 Å². The minimum Gasteiger partial charge on any atom is -0.411 e. The van der Waals surface area contributed by atoms with Gasteiger partial charge >= 0.3 is 5.22 Å². The van der Waals surface area contributed by atoms with Crippen LogP contribution in [-0.2, 0) is 33.4 Å². The van der Waals surface area contributed by atoms with E-state index >= 15 is 0 Å². The molecule has 0 saturated heterocycles. The molecule has 0 radical (unpaired) electrons. The van der Waals surface area contributed by atoms with E-state index in [1.165, 1.54) is 42.5 Å². The second-order valence-corrected chi connectivity index (χ2v) is 7.76. The van der Waals surface area contributed by atoms with E-state index < -0.39 is 32.4 Å². The molecule has 0 spiro atoms. The molecule has 0 bridgehead atoms. The first-order valence-electron chi connectivity index (χ1n) is 8.13. The highest BCUT2D eigenvalue weighted by atomic mass is 32.2. The van der Waals surface area contributed by atoms with Crippen LogP contribution in [0.15, 0.2) is 58.2 Å². The van der Waals surface area contributed by atoms with Gasteiger partial charge in [0.1, 0.15) is 11.6 Å². The Morgan fingerprint density at radius 3 is 2.46 bits per heavy atom. The van der Waals surface area contributed by atoms with Gasteiger partial charge in [0.15, 0.2) is 0 Å². The van der Waals surface area contributed by atoms with Crippen molar-refractivity contribution in [3.8, 4) is 0 Å². The minimum atomic E-state index is -4.03. The van der Waals surface area contributed by atoms with E-state index in [4.69, 9.17) is 4.42 Å². The summed E-state index contributed by atoms with van der Waals surface area (Å²) >= 11 is 0. The van der Waals surface area contributed by atoms with E-state index in [9.17, 15) is 22.0 Å². The summed E-state index contributed by atoms with van der Waals surface area (Å²) in [6, 6.07) is 10.9. The summed E-state index contributed by atoms with van der Waals surface area (Å²) in [5, 5.41) is 8.90. The van der Waals surface area contributed by atoms with Gasteiger partial charge in [-0.05, 0) is 23.8 Å². The molecule has 10 heteroatoms. The number of nitrogens with zero attached hydrogens (tertiary/aromatic N) is 2. The molecule has 1 heterocycles. The molecule has 1 aromatic heterocycles. The molecule has 0 aliphatic heterocycles. The van der Waals surface area contributed by atoms with Crippen LogP contribution >= 0.6 is 0 Å². The predicted molar refractivity (Wildman–Crippen MR) is 93.5 cm³/mol. The number of nitrogens with one attached hydrogen (secondary N) is 1. The zero-order valence-corrected chi connectivity index (χ0v) is 15.2. The van der Waals surface area contributed by atoms with Crippen LogP contribution in [0.3, 0.4) is 0 Å². The van der Waals surface area contributed by atoms with E-state index in [0.717, 1.165) is 6.07 Å². The van der Waals surface area contributed by atoms with Gasteiger partial charge in [-0.15, -0.1) is 5.10 Å². The number of benzene rings is 2. The molecule has 0 aliphatic rings. The van der Waals surface area contributed by atoms with E-state index in [1.54, 1.807) is 0 Å². The quantitative estimate of drug-likeness (QED) is 0.644. The smallest absolute Gasteiger partial charge is 0.335 e. The molecular formula is C18H15F2N3O4S. The van der Waals surface area contributed by atoms with Crippen molar-refractivity contribution in [2.75, 3.05) is 0 Å². The zero-order chi connectivity index (χ0) is 20.1. The van der Waals surface area contributed by atoms with E-state index in [-0.39, 0.29) is 30.3 Å². The lowest BCUT2D eigenvalue weighted by Gasteiger charge is -2.03. The van der Waals surface area contributed by atoms with Gasteiger partial charge in [-0.25, -0.2) is 17.2 Å². The Labute approximate surface area is 159 Å². The molecule has 0 fully saturated rings. The van der Waals surface area contributed by atoms with Crippen molar-refractivity contribution in [3.05, 3.63) is 77.2 Å². The van der Waals surface area contributed by atoms with Crippen molar-refractivity contribution in [2.45, 2.75) is 23.9 Å². The topological polar surface area (TPSA) is 102 Å². The van der Waals surface area contributed by atoms with Gasteiger partial charge in [0.25, 0.3) is 0 Å². The third-order valence-electron chi connectivity index (χ3n) is 3.73. The monoisotopic (exact) mass is 407 g/mol. The predicted octanol–water partition coefficient (Wildman–Crippen LogP) is 2.18. The Kier molecular flexibility index (Phi) is 5.78. The highest BCUT2D eigenvalue weighted by Crippen LogP contribution is 2.17. The first-order valence-corrected chi connectivity index (χ1v) is 9.78. The number of hydrogen-bond donors (Lipinski definition) is 1. The molecule has 7 nitrogen and oxygen atoms in total. The fraction of sp³-hybridized carbons (Fsp3) is 0.167. The number of carbonyl (C=O) groups excluding carboxylic acids is 1. The van der Waals surface area contributed by atoms with Gasteiger partial charge in [-0.1, -0.05) is 35.4 Å². The maximum Gasteiger partial charge on any atom is 0.335 e. The lowest BCUT2D eigenvalue weighted by Crippen LogP contribution is -2.24. The number of halogens is 2. The van der Waals surface area contributed by atoms with Gasteiger partial charge in [-0.2, -0.15) is 0 Å². The van der Waals surface area contributed by atoms with Crippen LogP contribution in [0.5, 0.6) is 0 Å². The van der Waals surface area contributed by atoms with Gasteiger partial charge in [-0.3, -0.25) is 4.79 Å². The summed E-state index contributed by atoms with van der Waals surface area (Å²) in [4.78, 5) is 11.9. The van der Waals surface area contributed by atoms with Crippen molar-refractivity contribution < 1.29 is 26.4 Å². The first kappa shape index (κ1) is 19.6. The first-order chi connectivity index (χ1) is 13.3. The van der Waals surface area contributed by atoms with Crippen molar-refractivity contribution >= 4 is 15.7 Å². The molecule has 0 unspecified atom stereocenters. The average molecular weight is 407 g/mol. The fourth-order valence-corrected chi connectivity index (χ4v) is 3.50. The fourth-order valence-electron chi connectivity index (χ4n) is 2.34. The molecule has 3 aromatic rings. The molecule has 0 saturated carbocycles. The second-order valence-electron chi connectivity index (χ2n) is 5.89. The van der Waals surface area contributed by atoms with E-state index in [2.05, 4.69) is 15.5 Å². The van der Waals surface area contributed by atoms with Crippen molar-refractivity contribution in [2.24, 2.45) is 0 Å². The number of carbonyl (C=O) groups is 1. The lowest BCUT2D eigenvalue weighted by molar-refractivity contribution is -0.120. The summed E-state index contributed by atoms with van der Waals surface area (Å²) in [6.45, 7) is -0.178. The zero-order valence-electron chi connectivity index (χ0n) is 14.4. The third-order valence-corrected chi connectivity index (χ3v) is 5.12. The molecule has 3 rings (SSSR count). The molecular weight excluding hydrogens is 392 g/mol. The SMILES string of the molecule is O=C(Cc1ccc(F)cc1)NCc1nnc(S(=O)(=O)Cc2ccccc2F)o1. The molecule has 1 amide bonds. The standard InChI is InChI=1S/C18H15F2N3O4S/c19-14-7-5-12(6-8-14)9-16(24)21-10-17-22-23-18(27-17)28(25,26)11-13-3-1-2-4-15(13)20/h1-8H,9-11H2,(H,21,24). The number of hydrogen-bond acceptors (Lipinski definition) is 6. The lowest BCUT2D eigenvalue weighted by atomic mass is 10.1. The van der Waals surface area contributed by atoms with Crippen LogP contribution < -0.4 is 5.32 Å². The van der Waals surface area contributed by atoms with Crippen molar-refractivity contribution in [1.29, 1.82) is 0 Å². The van der Waals surface area contributed by atoms with Crippen LogP contribution in [0.25, 0.3) is 0 Å². The van der Waals surface area contributed by atoms with E-state index in [0.29, 0.717) is 5.56 Å². The maximum absolute atomic E-state index is 13.7. The van der Waals surface area contributed by atoms with Crippen molar-refractivity contribution in [3.63, 3.8) is 0 Å². The van der Waals surface area contributed by atoms with Crippen molar-refractivity contribution in [1.82, 2.24) is 15.5 Å². The highest BCUT2D eigenvalue weighted by Gasteiger charge is 2.24. The number of rotatable bonds is 7.